The maximum atomic E-state index is 14.1. The highest BCUT2D eigenvalue weighted by Crippen LogP contribution is 2.23. The third kappa shape index (κ3) is 34.8. The van der Waals surface area contributed by atoms with E-state index in [-0.39, 0.29) is 89.1 Å². The maximum absolute atomic E-state index is 14.1. The minimum absolute atomic E-state index is 0.00680. The monoisotopic (exact) mass is 1920 g/mol. The van der Waals surface area contributed by atoms with Crippen molar-refractivity contribution in [1.82, 2.24) is 120 Å². The number of likely N-dealkylation sites (tertiary alicyclic amines) is 3. The van der Waals surface area contributed by atoms with Crippen molar-refractivity contribution in [1.29, 1.82) is 5.41 Å². The van der Waals surface area contributed by atoms with Gasteiger partial charge in [-0.1, -0.05) is 13.8 Å². The number of primary amides is 1. The number of aliphatic hydroxyl groups excluding tert-OH is 5. The fraction of sp³-hybridized carbons (Fsp3) is 0.675. The Morgan fingerprint density at radius 2 is 0.867 bits per heavy atom. The molecule has 752 valence electrons. The van der Waals surface area contributed by atoms with Gasteiger partial charge in [0.05, 0.1) is 63.4 Å². The van der Waals surface area contributed by atoms with Crippen LogP contribution in [-0.2, 0) is 112 Å². The first kappa shape index (κ1) is 112. The summed E-state index contributed by atoms with van der Waals surface area (Å²) < 4.78 is 0. The molecule has 0 aliphatic carbocycles. The Kier molecular flexibility index (Phi) is 44.9. The average molecular weight is 1920 g/mol. The summed E-state index contributed by atoms with van der Waals surface area (Å²) in [6, 6.07) is -27.5. The lowest BCUT2D eigenvalue weighted by atomic mass is 10.0. The molecular weight excluding hydrogens is 1790 g/mol. The van der Waals surface area contributed by atoms with Crippen LogP contribution in [0.4, 0.5) is 0 Å². The van der Waals surface area contributed by atoms with E-state index in [0.717, 1.165) is 43.9 Å². The van der Waals surface area contributed by atoms with Gasteiger partial charge in [0.15, 0.2) is 5.96 Å². The van der Waals surface area contributed by atoms with Crippen LogP contribution >= 0.6 is 0 Å². The quantitative estimate of drug-likeness (QED) is 0.0164. The molecule has 0 saturated carbocycles. The number of hydrogen-bond donors (Lipinski definition) is 29. The van der Waals surface area contributed by atoms with Gasteiger partial charge in [-0.2, -0.15) is 0 Å². The van der Waals surface area contributed by atoms with Gasteiger partial charge in [0.1, 0.15) is 103 Å². The van der Waals surface area contributed by atoms with Crippen LogP contribution < -0.4 is 107 Å². The van der Waals surface area contributed by atoms with Gasteiger partial charge in [-0.05, 0) is 132 Å². The van der Waals surface area contributed by atoms with Gasteiger partial charge in [0.25, 0.3) is 0 Å². The second kappa shape index (κ2) is 54.1. The minimum Gasteiger partial charge on any atom is -0.481 e. The third-order valence-corrected chi connectivity index (χ3v) is 22.3. The summed E-state index contributed by atoms with van der Waals surface area (Å²) in [5.41, 5.74) is 10.9. The molecule has 0 unspecified atom stereocenters. The van der Waals surface area contributed by atoms with E-state index in [4.69, 9.17) is 16.9 Å². The number of H-pyrrole nitrogens is 1. The number of aromatic nitrogens is 2. The van der Waals surface area contributed by atoms with Crippen molar-refractivity contribution in [2.75, 3.05) is 59.0 Å². The molecule has 20 amide bonds. The lowest BCUT2D eigenvalue weighted by Gasteiger charge is -2.30. The number of nitrogens with two attached hydrogens (primary N) is 2. The van der Waals surface area contributed by atoms with Crippen LogP contribution in [-0.4, -0.2) is 383 Å². The molecule has 4 aliphatic heterocycles. The van der Waals surface area contributed by atoms with Gasteiger partial charge in [0.2, 0.25) is 118 Å². The summed E-state index contributed by atoms with van der Waals surface area (Å²) in [5, 5.41) is 122. The summed E-state index contributed by atoms with van der Waals surface area (Å²) in [6.45, 7) is 8.00. The Morgan fingerprint density at radius 1 is 0.437 bits per heavy atom. The van der Waals surface area contributed by atoms with E-state index in [9.17, 15) is 141 Å². The third-order valence-electron chi connectivity index (χ3n) is 22.3. The van der Waals surface area contributed by atoms with Gasteiger partial charge in [-0.25, -0.2) is 9.78 Å². The predicted octanol–water partition coefficient (Wildman–Crippen LogP) is -14.4. The molecule has 1 aromatic heterocycles. The van der Waals surface area contributed by atoms with Crippen LogP contribution in [0.15, 0.2) is 12.5 Å². The number of carbonyl (C=O) groups is 22. The fourth-order valence-corrected chi connectivity index (χ4v) is 14.9. The Hall–Kier alpha value is -13.4. The smallest absolute Gasteiger partial charge is 0.326 e. The number of carbonyl (C=O) groups excluding carboxylic acids is 20. The van der Waals surface area contributed by atoms with E-state index in [1.807, 2.05) is 0 Å². The average Bonchev–Trinajstić information content (AvgIpc) is 1.75. The van der Waals surface area contributed by atoms with E-state index in [1.54, 1.807) is 0 Å². The molecule has 0 bridgehead atoms. The largest absolute Gasteiger partial charge is 0.481 e. The van der Waals surface area contributed by atoms with Crippen molar-refractivity contribution >= 4 is 136 Å². The normalized spacial score (nSPS) is 19.4. The highest BCUT2D eigenvalue weighted by Gasteiger charge is 2.45. The lowest BCUT2D eigenvalue weighted by molar-refractivity contribution is -0.145. The number of hydrogen-bond acceptors (Lipinski definition) is 30. The van der Waals surface area contributed by atoms with Crippen molar-refractivity contribution < 1.29 is 141 Å². The Balaban J connectivity index is 1.13. The van der Waals surface area contributed by atoms with E-state index in [0.29, 0.717) is 19.4 Å². The molecule has 5 rings (SSSR count). The molecule has 55 nitrogen and oxygen atoms in total. The zero-order valence-electron chi connectivity index (χ0n) is 76.2. The van der Waals surface area contributed by atoms with E-state index >= 15 is 0 Å². The van der Waals surface area contributed by atoms with Crippen LogP contribution in [0, 0.1) is 11.3 Å². The Bertz CT molecular complexity index is 4420. The number of nitrogens with zero attached hydrogens (tertiary/aromatic N) is 4. The number of aliphatic carboxylic acids is 2. The van der Waals surface area contributed by atoms with Crippen LogP contribution in [0.25, 0.3) is 0 Å². The summed E-state index contributed by atoms with van der Waals surface area (Å²) in [7, 11) is 0. The molecule has 21 atom stereocenters. The zero-order valence-corrected chi connectivity index (χ0v) is 76.2. The summed E-state index contributed by atoms with van der Waals surface area (Å²) in [4.78, 5) is 305. The number of carboxylic acids is 2. The van der Waals surface area contributed by atoms with Crippen molar-refractivity contribution in [3.63, 3.8) is 0 Å². The predicted molar refractivity (Wildman–Crippen MR) is 465 cm³/mol. The molecule has 135 heavy (non-hydrogen) atoms. The number of carboxylic acid groups (broad SMARTS) is 2. The van der Waals surface area contributed by atoms with Gasteiger partial charge in [0, 0.05) is 50.9 Å². The highest BCUT2D eigenvalue weighted by molar-refractivity contribution is 6.03. The van der Waals surface area contributed by atoms with E-state index in [2.05, 4.69) is 106 Å². The van der Waals surface area contributed by atoms with Crippen LogP contribution in [0.5, 0.6) is 0 Å². The number of nitrogens with one attached hydrogen (secondary N) is 20. The van der Waals surface area contributed by atoms with Crippen LogP contribution in [0.1, 0.15) is 151 Å². The first-order valence-electron chi connectivity index (χ1n) is 44.0. The molecule has 0 spiro atoms. The van der Waals surface area contributed by atoms with Crippen LogP contribution in [0.3, 0.4) is 0 Å². The topological polar surface area (TPSA) is 848 Å². The molecule has 5 heterocycles. The molecule has 55 heteroatoms. The fourth-order valence-electron chi connectivity index (χ4n) is 14.9. The second-order valence-electron chi connectivity index (χ2n) is 33.5. The van der Waals surface area contributed by atoms with Crippen molar-refractivity contribution in [3.8, 4) is 0 Å². The SMILES string of the molecule is CC(C)[C@H](NC(=O)CNC(=O)[C@H](Cc1cnc[nH]1)NC(=O)[C@H](C)NC(=O)[C@H](CCC(N)=O)NC(=O)[C@@H]1CCCN1C(=O)[C@H](C)NC(=O)[C@@H](NC(=O)[C@H](CO)NC(=O)CNC(=O)[C@@H]1CCCN1C(=O)[C@H](C)NC(=O)[C@@H]1CCCN1)[C@@H](C)O)C(=O)N[C@H](C(=O)N[C@@H](CO)C(=O)N[C@@H](C)C(=O)N1CCC[C@H]1C(=O)N[C@@H](CC(=O)O)C(=O)N[C@H](C(=O)N[C@@H](CCCNC(=N)N)C(=O)O)[C@@H](C)O)[C@@H](C)O. The number of aromatic amines is 1. The van der Waals surface area contributed by atoms with Gasteiger partial charge in [-0.15, -0.1) is 0 Å². The molecule has 31 N–H and O–H groups in total. The Morgan fingerprint density at radius 3 is 1.33 bits per heavy atom. The van der Waals surface area contributed by atoms with Crippen molar-refractivity contribution in [2.45, 2.75) is 279 Å². The van der Waals surface area contributed by atoms with Gasteiger partial charge >= 0.3 is 11.9 Å². The summed E-state index contributed by atoms with van der Waals surface area (Å²) >= 11 is 0. The van der Waals surface area contributed by atoms with Crippen LogP contribution in [0.2, 0.25) is 0 Å². The molecule has 4 saturated heterocycles. The summed E-state index contributed by atoms with van der Waals surface area (Å²) in [5.74, 6) is -24.4. The minimum atomic E-state index is -1.97. The molecule has 0 aromatic carbocycles. The van der Waals surface area contributed by atoms with Crippen molar-refractivity contribution in [2.24, 2.45) is 17.4 Å². The lowest BCUT2D eigenvalue weighted by Crippen LogP contribution is -2.62. The molecular formula is C80H128N26O29. The van der Waals surface area contributed by atoms with Gasteiger partial charge < -0.3 is 163 Å². The zero-order chi connectivity index (χ0) is 101. The van der Waals surface area contributed by atoms with Crippen molar-refractivity contribution in [3.05, 3.63) is 18.2 Å². The molecule has 1 aromatic rings. The molecule has 4 aliphatic rings. The van der Waals surface area contributed by atoms with E-state index in [1.165, 1.54) is 52.0 Å². The highest BCUT2D eigenvalue weighted by atomic mass is 16.4. The van der Waals surface area contributed by atoms with Gasteiger partial charge in [-0.3, -0.25) is 106 Å². The number of guanidine groups is 1. The number of amides is 20. The summed E-state index contributed by atoms with van der Waals surface area (Å²) in [6.07, 6.45) is -2.84. The second-order valence-corrected chi connectivity index (χ2v) is 33.5. The number of rotatable bonds is 53. The Labute approximate surface area is 774 Å². The molecule has 4 fully saturated rings. The number of aliphatic hydroxyl groups is 5. The first-order valence-corrected chi connectivity index (χ1v) is 44.0. The van der Waals surface area contributed by atoms with E-state index < -0.39 is 309 Å². The molecule has 0 radical (unpaired) electrons. The first-order chi connectivity index (χ1) is 63.5. The number of imidazole rings is 1. The standard InChI is InChI=1S/C80H128N26O29/c1-35(2)58(72(127)103-61(42(9)111)75(130)99-50(33-108)67(122)92-38(5)77(132)106-26-14-19-53(106)71(126)98-48(28-57(115)116)66(121)101-60(41(8)110)74(129)96-46(79(134)135)16-11-23-86-80(82)83)100-56(114)31-87-63(118)47(27-43-29-84-34-89-43)97-62(117)36(3)90-65(120)45(20-21-54(81)112)95-70(125)52-18-13-25-105(52)78(133)39(6)93-73(128)59(40(7)109)102-68(123)49(32-107)94-55(113)30-88-69(124)51-17-12-24-104(51)76(131)37(4)91-64(119)44-15-10-22-85-44/h29,34-42,44-53,58-61,85,107-111H,10-28,30-33H2,1-9H3,(H2,81,112)(H,84,89)(H,87,118)(H,88,124)(H,90,120)(H,91,119)(H,92,122)(H,93,128)(H,94,113)(H,95,125)(H,96,129)(H,97,117)(H,98,126)(H,99,130)(H,100,114)(H,101,121)(H,102,123)(H,103,127)(H,115,116)(H,134,135)(H4,82,83,86)/t36-,37-,38-,39-,40+,41+,42+,44-,45-,46-,47-,48-,49-,50-,51-,52-,53-,58-,59-,60-,61-/m0/s1. The maximum Gasteiger partial charge on any atom is 0.326 e.